The molecule has 0 fully saturated rings. The maximum atomic E-state index is 12.0. The summed E-state index contributed by atoms with van der Waals surface area (Å²) in [5.74, 6) is -0.584. The van der Waals surface area contributed by atoms with E-state index in [1.807, 2.05) is 30.3 Å². The number of benzene rings is 2. The zero-order valence-electron chi connectivity index (χ0n) is 10.4. The smallest absolute Gasteiger partial charge is 0.238 e. The van der Waals surface area contributed by atoms with Crippen molar-refractivity contribution in [3.63, 3.8) is 0 Å². The zero-order chi connectivity index (χ0) is 14.1. The van der Waals surface area contributed by atoms with Crippen molar-refractivity contribution in [2.75, 3.05) is 11.6 Å². The van der Waals surface area contributed by atoms with E-state index >= 15 is 0 Å². The van der Waals surface area contributed by atoms with E-state index in [-0.39, 0.29) is 12.2 Å². The van der Waals surface area contributed by atoms with E-state index in [4.69, 9.17) is 11.6 Å². The van der Waals surface area contributed by atoms with Crippen molar-refractivity contribution in [2.24, 2.45) is 4.99 Å². The molecule has 0 N–H and O–H groups in total. The Bertz CT molecular complexity index is 698. The van der Waals surface area contributed by atoms with Crippen LogP contribution in [0.5, 0.6) is 0 Å². The molecule has 20 heavy (non-hydrogen) atoms. The number of hydroxylamine groups is 1. The van der Waals surface area contributed by atoms with Crippen molar-refractivity contribution >= 4 is 28.9 Å². The summed E-state index contributed by atoms with van der Waals surface area (Å²) in [5, 5.41) is 12.9. The van der Waals surface area contributed by atoms with Crippen LogP contribution in [0.25, 0.3) is 0 Å². The molecular weight excluding hydrogens is 276 g/mol. The summed E-state index contributed by atoms with van der Waals surface area (Å²) in [6, 6.07) is 14.2. The minimum atomic E-state index is -0.584. The van der Waals surface area contributed by atoms with Crippen LogP contribution in [0.4, 0.5) is 5.69 Å². The average Bonchev–Trinajstić information content (AvgIpc) is 2.58. The lowest BCUT2D eigenvalue weighted by Gasteiger charge is -2.28. The molecule has 0 aromatic heterocycles. The molecule has 0 saturated heterocycles. The summed E-state index contributed by atoms with van der Waals surface area (Å²) in [4.78, 5) is 16.0. The maximum absolute atomic E-state index is 12.0. The lowest BCUT2D eigenvalue weighted by molar-refractivity contribution is -0.116. The van der Waals surface area contributed by atoms with Crippen molar-refractivity contribution in [3.05, 3.63) is 69.9 Å². The van der Waals surface area contributed by atoms with Gasteiger partial charge < -0.3 is 10.3 Å². The number of hydrogen-bond donors (Lipinski definition) is 0. The van der Waals surface area contributed by atoms with Crippen LogP contribution in [0.3, 0.4) is 0 Å². The second kappa shape index (κ2) is 5.07. The third-order valence-corrected chi connectivity index (χ3v) is 3.31. The van der Waals surface area contributed by atoms with E-state index < -0.39 is 5.91 Å². The summed E-state index contributed by atoms with van der Waals surface area (Å²) < 4.78 is 0. The Kier molecular flexibility index (Phi) is 3.26. The van der Waals surface area contributed by atoms with Gasteiger partial charge in [0.2, 0.25) is 5.91 Å². The number of benzodiazepines with no additional fused rings is 1. The number of carbonyl (C=O) groups is 1. The van der Waals surface area contributed by atoms with Crippen molar-refractivity contribution in [1.29, 1.82) is 0 Å². The molecule has 2 aromatic rings. The molecule has 0 unspecified atom stereocenters. The topological polar surface area (TPSA) is 55.7 Å². The largest absolute Gasteiger partial charge is 0.752 e. The normalized spacial score (nSPS) is 14.6. The fourth-order valence-corrected chi connectivity index (χ4v) is 2.32. The van der Waals surface area contributed by atoms with Gasteiger partial charge in [-0.3, -0.25) is 9.79 Å². The Morgan fingerprint density at radius 2 is 1.90 bits per heavy atom. The first-order valence-electron chi connectivity index (χ1n) is 6.06. The lowest BCUT2D eigenvalue weighted by Crippen LogP contribution is -2.25. The molecule has 0 aliphatic carbocycles. The molecule has 5 heteroatoms. The summed E-state index contributed by atoms with van der Waals surface area (Å²) >= 11 is 6.01. The first-order chi connectivity index (χ1) is 9.66. The van der Waals surface area contributed by atoms with Gasteiger partial charge >= 0.3 is 0 Å². The van der Waals surface area contributed by atoms with E-state index in [1.165, 1.54) is 0 Å². The van der Waals surface area contributed by atoms with Gasteiger partial charge in [-0.1, -0.05) is 41.9 Å². The number of hydrogen-bond acceptors (Lipinski definition) is 3. The summed E-state index contributed by atoms with van der Waals surface area (Å²) in [6.07, 6.45) is 0. The minimum absolute atomic E-state index is 0.167. The number of aliphatic imine (C=N–C) groups is 1. The van der Waals surface area contributed by atoms with Gasteiger partial charge in [-0.05, 0) is 18.2 Å². The van der Waals surface area contributed by atoms with Gasteiger partial charge in [0, 0.05) is 21.8 Å². The molecule has 3 rings (SSSR count). The molecule has 1 amide bonds. The van der Waals surface area contributed by atoms with E-state index in [1.54, 1.807) is 18.2 Å². The monoisotopic (exact) mass is 285 g/mol. The van der Waals surface area contributed by atoms with Crippen LogP contribution in [0.2, 0.25) is 5.02 Å². The van der Waals surface area contributed by atoms with Crippen LogP contribution in [0.1, 0.15) is 11.1 Å². The van der Waals surface area contributed by atoms with Gasteiger partial charge in [0.1, 0.15) is 6.54 Å². The van der Waals surface area contributed by atoms with Gasteiger partial charge in [-0.15, -0.1) is 0 Å². The molecule has 1 aliphatic heterocycles. The van der Waals surface area contributed by atoms with Crippen LogP contribution in [-0.2, 0) is 4.79 Å². The molecule has 0 bridgehead atoms. The second-order valence-electron chi connectivity index (χ2n) is 4.38. The SMILES string of the molecule is O=C1CN=C(c2ccccc2)c2cc(Cl)ccc2N1[O-]. The van der Waals surface area contributed by atoms with Crippen molar-refractivity contribution < 1.29 is 4.79 Å². The minimum Gasteiger partial charge on any atom is -0.752 e. The predicted molar refractivity (Wildman–Crippen MR) is 79.3 cm³/mol. The highest BCUT2D eigenvalue weighted by Crippen LogP contribution is 2.28. The molecule has 0 spiro atoms. The fraction of sp³-hybridized carbons (Fsp3) is 0.0667. The van der Waals surface area contributed by atoms with Gasteiger partial charge in [0.25, 0.3) is 0 Å². The van der Waals surface area contributed by atoms with Gasteiger partial charge in [-0.25, -0.2) is 0 Å². The van der Waals surface area contributed by atoms with Gasteiger partial charge in [-0.2, -0.15) is 0 Å². The molecule has 4 nitrogen and oxygen atoms in total. The number of carbonyl (C=O) groups excluding carboxylic acids is 1. The standard InChI is InChI=1S/C15H10ClN2O2/c16-11-6-7-13-12(8-11)15(10-4-2-1-3-5-10)17-9-14(19)18(13)20/h1-8H,9H2/q-1. The highest BCUT2D eigenvalue weighted by molar-refractivity contribution is 6.32. The Labute approximate surface area is 120 Å². The Morgan fingerprint density at radius 1 is 1.15 bits per heavy atom. The summed E-state index contributed by atoms with van der Waals surface area (Å²) in [5.41, 5.74) is 2.30. The summed E-state index contributed by atoms with van der Waals surface area (Å²) in [6.45, 7) is -0.167. The first-order valence-corrected chi connectivity index (χ1v) is 6.44. The predicted octanol–water partition coefficient (Wildman–Crippen LogP) is 3.02. The van der Waals surface area contributed by atoms with Crippen LogP contribution < -0.4 is 5.06 Å². The second-order valence-corrected chi connectivity index (χ2v) is 4.82. The first kappa shape index (κ1) is 12.8. The number of nitrogens with zero attached hydrogens (tertiary/aromatic N) is 2. The molecule has 1 heterocycles. The molecule has 1 aliphatic rings. The highest BCUT2D eigenvalue weighted by atomic mass is 35.5. The third-order valence-electron chi connectivity index (χ3n) is 3.08. The molecule has 0 atom stereocenters. The van der Waals surface area contributed by atoms with E-state index in [2.05, 4.69) is 4.99 Å². The quantitative estimate of drug-likeness (QED) is 0.809. The van der Waals surface area contributed by atoms with Crippen molar-refractivity contribution in [1.82, 2.24) is 0 Å². The Hall–Kier alpha value is -2.17. The van der Waals surface area contributed by atoms with Crippen LogP contribution in [0.15, 0.2) is 53.5 Å². The van der Waals surface area contributed by atoms with Gasteiger partial charge in [0.15, 0.2) is 0 Å². The van der Waals surface area contributed by atoms with E-state index in [0.717, 1.165) is 5.56 Å². The van der Waals surface area contributed by atoms with E-state index in [0.29, 0.717) is 21.4 Å². The fourth-order valence-electron chi connectivity index (χ4n) is 2.15. The summed E-state index contributed by atoms with van der Waals surface area (Å²) in [7, 11) is 0. The average molecular weight is 286 g/mol. The van der Waals surface area contributed by atoms with Crippen LogP contribution in [0, 0.1) is 5.21 Å². The van der Waals surface area contributed by atoms with Crippen molar-refractivity contribution in [3.8, 4) is 0 Å². The van der Waals surface area contributed by atoms with Crippen molar-refractivity contribution in [2.45, 2.75) is 0 Å². The molecule has 100 valence electrons. The maximum Gasteiger partial charge on any atom is 0.238 e. The number of anilines is 1. The highest BCUT2D eigenvalue weighted by Gasteiger charge is 2.20. The molecule has 0 radical (unpaired) electrons. The Morgan fingerprint density at radius 3 is 2.65 bits per heavy atom. The molecule has 2 aromatic carbocycles. The van der Waals surface area contributed by atoms with Crippen LogP contribution >= 0.6 is 11.6 Å². The number of halogens is 1. The number of amides is 1. The Balaban J connectivity index is 2.23. The lowest BCUT2D eigenvalue weighted by atomic mass is 10.0. The van der Waals surface area contributed by atoms with Gasteiger partial charge in [0.05, 0.1) is 5.71 Å². The number of fused-ring (bicyclic) bond motifs is 1. The van der Waals surface area contributed by atoms with Crippen LogP contribution in [-0.4, -0.2) is 18.2 Å². The molecule has 0 saturated carbocycles. The molecular formula is C15H10ClN2O2-. The number of rotatable bonds is 1. The third kappa shape index (κ3) is 2.19. The van der Waals surface area contributed by atoms with E-state index in [9.17, 15) is 10.0 Å². The zero-order valence-corrected chi connectivity index (χ0v) is 11.2.